The number of rotatable bonds is 2. The molecule has 64 valence electrons. The van der Waals surface area contributed by atoms with Crippen molar-refractivity contribution in [3.05, 3.63) is 42.1 Å². The molecule has 0 unspecified atom stereocenters. The van der Waals surface area contributed by atoms with Crippen molar-refractivity contribution in [2.75, 3.05) is 0 Å². The van der Waals surface area contributed by atoms with Gasteiger partial charge in [-0.15, -0.1) is 22.2 Å². The van der Waals surface area contributed by atoms with Crippen molar-refractivity contribution in [1.82, 2.24) is 0 Å². The summed E-state index contributed by atoms with van der Waals surface area (Å²) < 4.78 is 0. The predicted molar refractivity (Wildman–Crippen MR) is 58.4 cm³/mol. The monoisotopic (exact) mass is 216 g/mol. The van der Waals surface area contributed by atoms with E-state index in [0.717, 1.165) is 5.19 Å². The van der Waals surface area contributed by atoms with Crippen molar-refractivity contribution >= 4 is 34.0 Å². The van der Waals surface area contributed by atoms with Gasteiger partial charge in [0.2, 0.25) is 0 Å². The van der Waals surface area contributed by atoms with Crippen LogP contribution in [0.5, 0.6) is 0 Å². The van der Waals surface area contributed by atoms with Crippen LogP contribution in [0.25, 0.3) is 0 Å². The second-order valence-corrected chi connectivity index (χ2v) is 8.80. The average Bonchev–Trinajstić information content (AvgIpc) is 2.06. The van der Waals surface area contributed by atoms with E-state index in [-0.39, 0.29) is 0 Å². The predicted octanol–water partition coefficient (Wildman–Crippen LogP) is 2.93. The smallest absolute Gasteiger partial charge is 0.134 e. The fourth-order valence-corrected chi connectivity index (χ4v) is 3.73. The Morgan fingerprint density at radius 2 is 1.75 bits per heavy atom. The van der Waals surface area contributed by atoms with Gasteiger partial charge in [0.15, 0.2) is 0 Å². The molecule has 0 heterocycles. The van der Waals surface area contributed by atoms with Crippen LogP contribution in [0.3, 0.4) is 0 Å². The molecule has 12 heavy (non-hydrogen) atoms. The van der Waals surface area contributed by atoms with E-state index in [0.29, 0.717) is 0 Å². The van der Waals surface area contributed by atoms with Crippen molar-refractivity contribution in [1.29, 1.82) is 0 Å². The second kappa shape index (κ2) is 4.12. The van der Waals surface area contributed by atoms with Crippen LogP contribution >= 0.6 is 22.2 Å². The van der Waals surface area contributed by atoms with Gasteiger partial charge in [-0.3, -0.25) is 0 Å². The molecule has 0 N–H and O–H groups in total. The molecule has 0 aliphatic rings. The molecule has 0 radical (unpaired) electrons. The number of hydrogen-bond donors (Lipinski definition) is 0. The lowest BCUT2D eigenvalue weighted by Crippen LogP contribution is -2.34. The molecule has 0 bridgehead atoms. The Labute approximate surface area is 83.2 Å². The SMILES string of the molecule is CC=C[Si](Cl)(Cl)c1ccccc1. The van der Waals surface area contributed by atoms with Crippen molar-refractivity contribution in [3.8, 4) is 0 Å². The maximum atomic E-state index is 6.18. The maximum absolute atomic E-state index is 6.18. The highest BCUT2D eigenvalue weighted by Gasteiger charge is 2.26. The van der Waals surface area contributed by atoms with Gasteiger partial charge in [0.1, 0.15) is 0 Å². The van der Waals surface area contributed by atoms with Gasteiger partial charge in [0, 0.05) is 0 Å². The van der Waals surface area contributed by atoms with Crippen LogP contribution < -0.4 is 5.19 Å². The summed E-state index contributed by atoms with van der Waals surface area (Å²) in [7, 11) is 0. The van der Waals surface area contributed by atoms with Crippen LogP contribution in [0.4, 0.5) is 0 Å². The molecule has 0 aliphatic heterocycles. The Hall–Kier alpha value is -0.243. The zero-order valence-corrected chi connectivity index (χ0v) is 9.31. The van der Waals surface area contributed by atoms with Gasteiger partial charge in [0.25, 0.3) is 0 Å². The average molecular weight is 217 g/mol. The zero-order chi connectivity index (χ0) is 9.03. The van der Waals surface area contributed by atoms with Crippen molar-refractivity contribution < 1.29 is 0 Å². The van der Waals surface area contributed by atoms with E-state index in [2.05, 4.69) is 0 Å². The first-order valence-corrected chi connectivity index (χ1v) is 7.84. The van der Waals surface area contributed by atoms with E-state index in [1.54, 1.807) is 0 Å². The maximum Gasteiger partial charge on any atom is 0.303 e. The zero-order valence-electron chi connectivity index (χ0n) is 6.80. The third-order valence-corrected chi connectivity index (χ3v) is 5.45. The molecule has 1 rings (SSSR count). The molecule has 0 aliphatic carbocycles. The molecule has 3 heteroatoms. The summed E-state index contributed by atoms with van der Waals surface area (Å²) in [4.78, 5) is 0. The molecule has 0 aromatic heterocycles. The Bertz CT molecular complexity index is 267. The lowest BCUT2D eigenvalue weighted by Gasteiger charge is -2.11. The molecule has 0 nitrogen and oxygen atoms in total. The first-order chi connectivity index (χ1) is 5.67. The normalized spacial score (nSPS) is 12.2. The van der Waals surface area contributed by atoms with E-state index in [9.17, 15) is 0 Å². The molecule has 0 spiro atoms. The third kappa shape index (κ3) is 2.37. The van der Waals surface area contributed by atoms with Crippen LogP contribution in [0.15, 0.2) is 42.1 Å². The summed E-state index contributed by atoms with van der Waals surface area (Å²) in [6.45, 7) is -0.389. The topological polar surface area (TPSA) is 0 Å². The van der Waals surface area contributed by atoms with E-state index >= 15 is 0 Å². The lowest BCUT2D eigenvalue weighted by atomic mass is 10.4. The number of halogens is 2. The second-order valence-electron chi connectivity index (χ2n) is 2.49. The molecule has 0 fully saturated rings. The molecule has 0 saturated heterocycles. The van der Waals surface area contributed by atoms with Gasteiger partial charge in [-0.1, -0.05) is 42.1 Å². The molecular formula is C9H10Cl2Si. The number of hydrogen-bond acceptors (Lipinski definition) is 0. The highest BCUT2D eigenvalue weighted by Crippen LogP contribution is 2.15. The molecule has 0 atom stereocenters. The minimum Gasteiger partial charge on any atom is -0.134 e. The van der Waals surface area contributed by atoms with E-state index < -0.39 is 6.69 Å². The van der Waals surface area contributed by atoms with Gasteiger partial charge in [-0.2, -0.15) is 0 Å². The quantitative estimate of drug-likeness (QED) is 0.527. The van der Waals surface area contributed by atoms with Crippen molar-refractivity contribution in [2.45, 2.75) is 6.92 Å². The Balaban J connectivity index is 2.97. The Morgan fingerprint density at radius 3 is 2.25 bits per heavy atom. The van der Waals surface area contributed by atoms with Crippen molar-refractivity contribution in [2.24, 2.45) is 0 Å². The molecular weight excluding hydrogens is 207 g/mol. The Kier molecular flexibility index (Phi) is 3.38. The number of benzene rings is 1. The first-order valence-electron chi connectivity index (χ1n) is 3.74. The largest absolute Gasteiger partial charge is 0.303 e. The minimum absolute atomic E-state index is 1.03. The van der Waals surface area contributed by atoms with Crippen LogP contribution in [0, 0.1) is 0 Å². The summed E-state index contributed by atoms with van der Waals surface area (Å²) in [5.74, 6) is 0. The van der Waals surface area contributed by atoms with Gasteiger partial charge in [0.05, 0.1) is 0 Å². The van der Waals surface area contributed by atoms with E-state index in [4.69, 9.17) is 22.2 Å². The molecule has 1 aromatic carbocycles. The van der Waals surface area contributed by atoms with Crippen LogP contribution in [0.1, 0.15) is 6.92 Å². The fraction of sp³-hybridized carbons (Fsp3) is 0.111. The van der Waals surface area contributed by atoms with Crippen LogP contribution in [-0.2, 0) is 0 Å². The highest BCUT2D eigenvalue weighted by molar-refractivity contribution is 7.53. The fourth-order valence-electron chi connectivity index (χ4n) is 0.966. The number of allylic oxidation sites excluding steroid dienone is 1. The highest BCUT2D eigenvalue weighted by atomic mass is 35.7. The first kappa shape index (κ1) is 9.84. The third-order valence-electron chi connectivity index (χ3n) is 1.53. The van der Waals surface area contributed by atoms with Gasteiger partial charge >= 0.3 is 6.69 Å². The van der Waals surface area contributed by atoms with Crippen molar-refractivity contribution in [3.63, 3.8) is 0 Å². The molecule has 0 amide bonds. The van der Waals surface area contributed by atoms with Gasteiger partial charge in [-0.25, -0.2) is 0 Å². The minimum atomic E-state index is -2.32. The Morgan fingerprint density at radius 1 is 1.17 bits per heavy atom. The molecule has 1 aromatic rings. The van der Waals surface area contributed by atoms with E-state index in [1.807, 2.05) is 49.0 Å². The summed E-state index contributed by atoms with van der Waals surface area (Å²) in [6.07, 6.45) is 1.90. The van der Waals surface area contributed by atoms with Crippen LogP contribution in [0.2, 0.25) is 0 Å². The standard InChI is InChI=1S/C9H10Cl2Si/c1-2-8-12(10,11)9-6-4-3-5-7-9/h2-8H,1H3. The molecule has 0 saturated carbocycles. The van der Waals surface area contributed by atoms with Crippen LogP contribution in [-0.4, -0.2) is 6.69 Å². The summed E-state index contributed by atoms with van der Waals surface area (Å²) >= 11 is 12.4. The summed E-state index contributed by atoms with van der Waals surface area (Å²) in [5, 5.41) is 1.03. The lowest BCUT2D eigenvalue weighted by molar-refractivity contribution is 1.75. The van der Waals surface area contributed by atoms with Gasteiger partial charge in [-0.05, 0) is 12.1 Å². The summed E-state index contributed by atoms with van der Waals surface area (Å²) in [6, 6.07) is 9.78. The van der Waals surface area contributed by atoms with E-state index in [1.165, 1.54) is 0 Å². The summed E-state index contributed by atoms with van der Waals surface area (Å²) in [5.41, 5.74) is 1.89. The van der Waals surface area contributed by atoms with Gasteiger partial charge < -0.3 is 0 Å².